The molecule has 0 radical (unpaired) electrons. The van der Waals surface area contributed by atoms with Gasteiger partial charge in [0.25, 0.3) is 0 Å². The van der Waals surface area contributed by atoms with Crippen LogP contribution in [0.25, 0.3) is 21.0 Å². The van der Waals surface area contributed by atoms with E-state index in [0.29, 0.717) is 22.5 Å². The van der Waals surface area contributed by atoms with Crippen molar-refractivity contribution in [2.45, 2.75) is 25.0 Å². The van der Waals surface area contributed by atoms with Crippen LogP contribution in [0.2, 0.25) is 0 Å². The minimum atomic E-state index is -2.21. The lowest BCUT2D eigenvalue weighted by atomic mass is 10.2. The predicted molar refractivity (Wildman–Crippen MR) is 153 cm³/mol. The number of aliphatic hydroxyl groups is 2. The molecular formula is C29H29N3O8S. The van der Waals surface area contributed by atoms with Crippen LogP contribution >= 0.6 is 11.3 Å². The van der Waals surface area contributed by atoms with Gasteiger partial charge in [-0.25, -0.2) is 9.59 Å². The van der Waals surface area contributed by atoms with Crippen molar-refractivity contribution >= 4 is 50.0 Å². The average molecular weight is 580 g/mol. The van der Waals surface area contributed by atoms with E-state index >= 15 is 0 Å². The van der Waals surface area contributed by atoms with Gasteiger partial charge in [0, 0.05) is 53.4 Å². The molecule has 2 aromatic heterocycles. The van der Waals surface area contributed by atoms with E-state index in [9.17, 15) is 24.6 Å². The SMILES string of the molecule is O=C1Oc2cc3ccc(OCCCCN4CCN(c5cccc6sccc56)CC4)cc3n(c2=O)OC(=O)C(O)C1O. The van der Waals surface area contributed by atoms with Gasteiger partial charge in [-0.1, -0.05) is 6.07 Å². The van der Waals surface area contributed by atoms with Gasteiger partial charge in [-0.15, -0.1) is 16.1 Å². The first-order valence-corrected chi connectivity index (χ1v) is 14.3. The Balaban J connectivity index is 1.03. The van der Waals surface area contributed by atoms with Crippen LogP contribution in [0.5, 0.6) is 11.5 Å². The summed E-state index contributed by atoms with van der Waals surface area (Å²) in [5.41, 5.74) is 0.566. The number of hydrogen-bond donors (Lipinski definition) is 2. The fraction of sp³-hybridized carbons (Fsp3) is 0.345. The Hall–Kier alpha value is -3.97. The number of unbranched alkanes of at least 4 members (excludes halogenated alkanes) is 1. The molecule has 2 aliphatic rings. The third kappa shape index (κ3) is 5.51. The lowest BCUT2D eigenvalue weighted by molar-refractivity contribution is -0.167. The van der Waals surface area contributed by atoms with Gasteiger partial charge in [-0.05, 0) is 61.2 Å². The average Bonchev–Trinajstić information content (AvgIpc) is 3.48. The zero-order valence-electron chi connectivity index (χ0n) is 22.1. The lowest BCUT2D eigenvalue weighted by Gasteiger charge is -2.36. The number of carbonyl (C=O) groups excluding carboxylic acids is 2. The normalized spacial score (nSPS) is 19.9. The highest BCUT2D eigenvalue weighted by Gasteiger charge is 2.36. The number of ether oxygens (including phenoxy) is 2. The molecule has 214 valence electrons. The maximum atomic E-state index is 12.8. The minimum absolute atomic E-state index is 0.181. The maximum Gasteiger partial charge on any atom is 0.364 e. The standard InChI is InChI=1S/C29H29N3O8S/c33-25-26(34)29(37)40-32-22-17-19(7-6-18(22)16-23(27(32)35)39-28(25)36)38-14-2-1-9-30-10-12-31(13-11-30)21-4-3-5-24-20(21)8-15-41-24/h3-8,15-17,25-26,33-34H,1-2,9-14H2. The van der Waals surface area contributed by atoms with Crippen LogP contribution in [0.3, 0.4) is 0 Å². The summed E-state index contributed by atoms with van der Waals surface area (Å²) in [5, 5.41) is 23.6. The van der Waals surface area contributed by atoms with Crippen LogP contribution in [0.1, 0.15) is 12.8 Å². The van der Waals surface area contributed by atoms with Crippen molar-refractivity contribution in [2.75, 3.05) is 44.2 Å². The summed E-state index contributed by atoms with van der Waals surface area (Å²) in [4.78, 5) is 47.0. The van der Waals surface area contributed by atoms with Crippen molar-refractivity contribution in [1.29, 1.82) is 0 Å². The first-order chi connectivity index (χ1) is 19.9. The highest BCUT2D eigenvalue weighted by molar-refractivity contribution is 7.17. The Morgan fingerprint density at radius 3 is 2.56 bits per heavy atom. The molecular weight excluding hydrogens is 550 g/mol. The number of hydrogen-bond acceptors (Lipinski definition) is 11. The molecule has 41 heavy (non-hydrogen) atoms. The van der Waals surface area contributed by atoms with Crippen molar-refractivity contribution in [3.8, 4) is 11.5 Å². The number of aromatic nitrogens is 1. The van der Waals surface area contributed by atoms with Gasteiger partial charge in [0.2, 0.25) is 0 Å². The van der Waals surface area contributed by atoms with E-state index in [1.54, 1.807) is 23.5 Å². The number of nitrogens with zero attached hydrogens (tertiary/aromatic N) is 3. The molecule has 2 atom stereocenters. The highest BCUT2D eigenvalue weighted by Crippen LogP contribution is 2.31. The number of carbonyl (C=O) groups is 2. The Morgan fingerprint density at radius 2 is 1.73 bits per heavy atom. The van der Waals surface area contributed by atoms with Crippen LogP contribution in [0.15, 0.2) is 58.7 Å². The number of piperazine rings is 1. The summed E-state index contributed by atoms with van der Waals surface area (Å²) in [6, 6.07) is 14.9. The first kappa shape index (κ1) is 27.2. The Labute approximate surface area is 238 Å². The van der Waals surface area contributed by atoms with Gasteiger partial charge in [0.15, 0.2) is 18.0 Å². The monoisotopic (exact) mass is 579 g/mol. The number of esters is 1. The quantitative estimate of drug-likeness (QED) is 0.247. The second-order valence-electron chi connectivity index (χ2n) is 10.0. The Kier molecular flexibility index (Phi) is 7.63. The highest BCUT2D eigenvalue weighted by atomic mass is 32.1. The number of anilines is 1. The van der Waals surface area contributed by atoms with Gasteiger partial charge >= 0.3 is 17.5 Å². The molecule has 2 unspecified atom stereocenters. The fourth-order valence-electron chi connectivity index (χ4n) is 5.15. The van der Waals surface area contributed by atoms with E-state index in [1.807, 2.05) is 0 Å². The van der Waals surface area contributed by atoms with Gasteiger partial charge in [0.1, 0.15) is 5.75 Å². The first-order valence-electron chi connectivity index (χ1n) is 13.5. The summed E-state index contributed by atoms with van der Waals surface area (Å²) in [6.07, 6.45) is -2.61. The fourth-order valence-corrected chi connectivity index (χ4v) is 5.96. The molecule has 2 bridgehead atoms. The van der Waals surface area contributed by atoms with E-state index < -0.39 is 35.5 Å². The van der Waals surface area contributed by atoms with Gasteiger partial charge < -0.3 is 29.4 Å². The Morgan fingerprint density at radius 1 is 0.927 bits per heavy atom. The molecule has 12 heteroatoms. The molecule has 2 N–H and O–H groups in total. The van der Waals surface area contributed by atoms with Crippen LogP contribution < -0.4 is 24.8 Å². The molecule has 4 heterocycles. The second kappa shape index (κ2) is 11.5. The molecule has 11 nitrogen and oxygen atoms in total. The topological polar surface area (TPSA) is 131 Å². The summed E-state index contributed by atoms with van der Waals surface area (Å²) >= 11 is 1.77. The number of pyridine rings is 1. The summed E-state index contributed by atoms with van der Waals surface area (Å²) in [6.45, 7) is 5.42. The van der Waals surface area contributed by atoms with Gasteiger partial charge in [-0.2, -0.15) is 0 Å². The summed E-state index contributed by atoms with van der Waals surface area (Å²) in [7, 11) is 0. The van der Waals surface area contributed by atoms with E-state index in [1.165, 1.54) is 27.9 Å². The van der Waals surface area contributed by atoms with E-state index in [0.717, 1.165) is 45.6 Å². The van der Waals surface area contributed by atoms with Crippen LogP contribution in [0, 0.1) is 0 Å². The molecule has 2 aromatic carbocycles. The molecule has 0 spiro atoms. The lowest BCUT2D eigenvalue weighted by Crippen LogP contribution is -2.46. The number of thiophene rings is 1. The molecule has 1 saturated heterocycles. The number of aliphatic hydroxyl groups excluding tert-OH is 2. The predicted octanol–water partition coefficient (Wildman–Crippen LogP) is 1.79. The number of fused-ring (bicyclic) bond motifs is 5. The minimum Gasteiger partial charge on any atom is -0.494 e. The maximum absolute atomic E-state index is 12.8. The van der Waals surface area contributed by atoms with Gasteiger partial charge in [0.05, 0.1) is 12.1 Å². The van der Waals surface area contributed by atoms with Crippen molar-refractivity contribution in [3.05, 3.63) is 64.3 Å². The second-order valence-corrected chi connectivity index (χ2v) is 11.0. The number of rotatable bonds is 7. The third-order valence-corrected chi connectivity index (χ3v) is 8.28. The molecule has 2 aliphatic heterocycles. The van der Waals surface area contributed by atoms with Gasteiger partial charge in [-0.3, -0.25) is 9.69 Å². The van der Waals surface area contributed by atoms with E-state index in [-0.39, 0.29) is 5.52 Å². The van der Waals surface area contributed by atoms with Crippen molar-refractivity contribution < 1.29 is 34.1 Å². The Bertz CT molecular complexity index is 1660. The largest absolute Gasteiger partial charge is 0.494 e. The van der Waals surface area contributed by atoms with Crippen LogP contribution in [-0.2, 0) is 9.59 Å². The summed E-state index contributed by atoms with van der Waals surface area (Å²) < 4.78 is 12.8. The zero-order chi connectivity index (χ0) is 28.5. The molecule has 1 fully saturated rings. The third-order valence-electron chi connectivity index (χ3n) is 7.40. The molecule has 6 rings (SSSR count). The van der Waals surface area contributed by atoms with Crippen molar-refractivity contribution in [1.82, 2.24) is 9.63 Å². The molecule has 0 saturated carbocycles. The molecule has 4 aromatic rings. The smallest absolute Gasteiger partial charge is 0.364 e. The van der Waals surface area contributed by atoms with E-state index in [4.69, 9.17) is 14.3 Å². The van der Waals surface area contributed by atoms with E-state index in [2.05, 4.69) is 39.4 Å². The van der Waals surface area contributed by atoms with Crippen LogP contribution in [0.4, 0.5) is 5.69 Å². The van der Waals surface area contributed by atoms with Crippen LogP contribution in [-0.4, -0.2) is 83.3 Å². The van der Waals surface area contributed by atoms with Crippen molar-refractivity contribution in [2.24, 2.45) is 0 Å². The summed E-state index contributed by atoms with van der Waals surface area (Å²) in [5.74, 6) is -2.69. The zero-order valence-corrected chi connectivity index (χ0v) is 22.9. The number of benzene rings is 2. The molecule has 0 amide bonds. The molecule has 0 aliphatic carbocycles. The van der Waals surface area contributed by atoms with Crippen molar-refractivity contribution in [3.63, 3.8) is 0 Å².